The molecule has 0 spiro atoms. The summed E-state index contributed by atoms with van der Waals surface area (Å²) in [5.41, 5.74) is 0.948. The highest BCUT2D eigenvalue weighted by atomic mass is 16.5. The summed E-state index contributed by atoms with van der Waals surface area (Å²) in [7, 11) is 0. The Balaban J connectivity index is 1.42. The molecule has 0 bridgehead atoms. The summed E-state index contributed by atoms with van der Waals surface area (Å²) in [6, 6.07) is 7.85. The fraction of sp³-hybridized carbons (Fsp3) is 0.588. The molecule has 23 heavy (non-hydrogen) atoms. The Morgan fingerprint density at radius 3 is 2.70 bits per heavy atom. The molecule has 2 saturated heterocycles. The molecule has 2 atom stereocenters. The van der Waals surface area contributed by atoms with Gasteiger partial charge >= 0.3 is 0 Å². The Hall–Kier alpha value is -1.79. The number of ether oxygens (including phenoxy) is 1. The summed E-state index contributed by atoms with van der Waals surface area (Å²) >= 11 is 0. The molecule has 6 nitrogen and oxygen atoms in total. The van der Waals surface area contributed by atoms with E-state index in [4.69, 9.17) is 4.74 Å². The van der Waals surface area contributed by atoms with Crippen molar-refractivity contribution in [1.82, 2.24) is 15.5 Å². The lowest BCUT2D eigenvalue weighted by atomic mass is 10.1. The number of nitrogens with zero attached hydrogens (tertiary/aromatic N) is 1. The maximum atomic E-state index is 11.7. The zero-order chi connectivity index (χ0) is 16.1. The first-order valence-electron chi connectivity index (χ1n) is 8.46. The number of amides is 1. The predicted molar refractivity (Wildman–Crippen MR) is 90.3 cm³/mol. The number of hydrogen-bond acceptors (Lipinski definition) is 5. The van der Waals surface area contributed by atoms with Crippen molar-refractivity contribution in [2.45, 2.75) is 26.1 Å². The van der Waals surface area contributed by atoms with E-state index < -0.39 is 0 Å². The molecule has 1 amide bonds. The van der Waals surface area contributed by atoms with Gasteiger partial charge in [0, 0.05) is 24.7 Å². The van der Waals surface area contributed by atoms with Crippen LogP contribution in [-0.4, -0.2) is 49.9 Å². The van der Waals surface area contributed by atoms with Crippen LogP contribution in [0.25, 0.3) is 0 Å². The van der Waals surface area contributed by atoms with Gasteiger partial charge in [-0.1, -0.05) is 6.92 Å². The van der Waals surface area contributed by atoms with Crippen LogP contribution in [0.5, 0.6) is 5.75 Å². The number of carbonyl (C=O) groups is 1. The van der Waals surface area contributed by atoms with Gasteiger partial charge in [-0.25, -0.2) is 0 Å². The van der Waals surface area contributed by atoms with E-state index in [2.05, 4.69) is 20.9 Å². The lowest BCUT2D eigenvalue weighted by molar-refractivity contribution is -0.126. The summed E-state index contributed by atoms with van der Waals surface area (Å²) in [6.45, 7) is 6.71. The van der Waals surface area contributed by atoms with E-state index in [1.54, 1.807) is 0 Å². The van der Waals surface area contributed by atoms with Gasteiger partial charge in [-0.05, 0) is 50.2 Å². The van der Waals surface area contributed by atoms with Crippen LogP contribution in [0.4, 0.5) is 5.69 Å². The van der Waals surface area contributed by atoms with Gasteiger partial charge in [-0.3, -0.25) is 15.0 Å². The van der Waals surface area contributed by atoms with E-state index in [1.165, 1.54) is 25.9 Å². The summed E-state index contributed by atoms with van der Waals surface area (Å²) in [4.78, 5) is 14.1. The van der Waals surface area contributed by atoms with Crippen molar-refractivity contribution in [1.29, 1.82) is 0 Å². The van der Waals surface area contributed by atoms with Crippen molar-refractivity contribution >= 4 is 11.6 Å². The van der Waals surface area contributed by atoms with Crippen LogP contribution in [-0.2, 0) is 4.79 Å². The lowest BCUT2D eigenvalue weighted by Gasteiger charge is -2.29. The number of hydrogen-bond donors (Lipinski definition) is 3. The van der Waals surface area contributed by atoms with Crippen molar-refractivity contribution < 1.29 is 9.53 Å². The van der Waals surface area contributed by atoms with Crippen LogP contribution in [0.15, 0.2) is 24.3 Å². The topological polar surface area (TPSA) is 65.6 Å². The van der Waals surface area contributed by atoms with Gasteiger partial charge in [0.1, 0.15) is 12.4 Å². The van der Waals surface area contributed by atoms with E-state index in [-0.39, 0.29) is 18.1 Å². The Kier molecular flexibility index (Phi) is 5.35. The number of carbonyl (C=O) groups excluding carboxylic acids is 1. The molecule has 0 saturated carbocycles. The van der Waals surface area contributed by atoms with Crippen LogP contribution >= 0.6 is 0 Å². The van der Waals surface area contributed by atoms with Gasteiger partial charge in [0.25, 0.3) is 0 Å². The maximum absolute atomic E-state index is 11.7. The first kappa shape index (κ1) is 16.1. The van der Waals surface area contributed by atoms with Crippen LogP contribution < -0.4 is 20.7 Å². The molecule has 2 aliphatic rings. The standard InChI is InChI=1S/C17H26N4O2/c1-13-12-18-17(20-16(13)22)19-14-4-6-15(7-5-14)23-11-10-21-8-2-3-9-21/h4-7,13,17-19H,2-3,8-12H2,1H3,(H,20,22). The Morgan fingerprint density at radius 1 is 1.26 bits per heavy atom. The third kappa shape index (κ3) is 4.59. The zero-order valence-electron chi connectivity index (χ0n) is 13.7. The molecule has 2 aliphatic heterocycles. The zero-order valence-corrected chi connectivity index (χ0v) is 13.7. The molecule has 1 aromatic rings. The summed E-state index contributed by atoms with van der Waals surface area (Å²) in [6.07, 6.45) is 2.40. The van der Waals surface area contributed by atoms with Gasteiger partial charge in [0.15, 0.2) is 6.29 Å². The normalized spacial score (nSPS) is 25.2. The summed E-state index contributed by atoms with van der Waals surface area (Å²) in [5, 5.41) is 9.40. The van der Waals surface area contributed by atoms with Crippen LogP contribution in [0.3, 0.4) is 0 Å². The van der Waals surface area contributed by atoms with E-state index in [0.29, 0.717) is 6.54 Å². The molecular formula is C17H26N4O2. The fourth-order valence-corrected chi connectivity index (χ4v) is 2.92. The second-order valence-corrected chi connectivity index (χ2v) is 6.32. The highest BCUT2D eigenvalue weighted by Crippen LogP contribution is 2.17. The molecule has 1 aromatic carbocycles. The van der Waals surface area contributed by atoms with E-state index in [0.717, 1.165) is 24.6 Å². The Morgan fingerprint density at radius 2 is 2.00 bits per heavy atom. The first-order chi connectivity index (χ1) is 11.2. The second-order valence-electron chi connectivity index (χ2n) is 6.32. The minimum atomic E-state index is -0.222. The van der Waals surface area contributed by atoms with Crippen LogP contribution in [0, 0.1) is 5.92 Å². The highest BCUT2D eigenvalue weighted by molar-refractivity contribution is 5.79. The van der Waals surface area contributed by atoms with Gasteiger partial charge in [-0.2, -0.15) is 0 Å². The van der Waals surface area contributed by atoms with Gasteiger partial charge in [0.05, 0.1) is 0 Å². The smallest absolute Gasteiger partial charge is 0.226 e. The molecular weight excluding hydrogens is 292 g/mol. The quantitative estimate of drug-likeness (QED) is 0.736. The number of rotatable bonds is 6. The van der Waals surface area contributed by atoms with Crippen molar-refractivity contribution in [2.75, 3.05) is 38.1 Å². The van der Waals surface area contributed by atoms with Crippen molar-refractivity contribution in [2.24, 2.45) is 5.92 Å². The largest absolute Gasteiger partial charge is 0.492 e. The van der Waals surface area contributed by atoms with E-state index in [9.17, 15) is 4.79 Å². The van der Waals surface area contributed by atoms with Crippen LogP contribution in [0.2, 0.25) is 0 Å². The molecule has 0 aromatic heterocycles. The Labute approximate surface area is 137 Å². The molecule has 3 rings (SSSR count). The Bertz CT molecular complexity index is 514. The average molecular weight is 318 g/mol. The summed E-state index contributed by atoms with van der Waals surface area (Å²) < 4.78 is 5.79. The maximum Gasteiger partial charge on any atom is 0.226 e. The third-order valence-electron chi connectivity index (χ3n) is 4.40. The molecule has 6 heteroatoms. The van der Waals surface area contributed by atoms with Gasteiger partial charge in [-0.15, -0.1) is 0 Å². The second kappa shape index (κ2) is 7.66. The van der Waals surface area contributed by atoms with Crippen molar-refractivity contribution in [3.8, 4) is 5.75 Å². The molecule has 0 radical (unpaired) electrons. The molecule has 3 N–H and O–H groups in total. The minimum Gasteiger partial charge on any atom is -0.492 e. The fourth-order valence-electron chi connectivity index (χ4n) is 2.92. The predicted octanol–water partition coefficient (Wildman–Crippen LogP) is 1.21. The molecule has 2 fully saturated rings. The van der Waals surface area contributed by atoms with Gasteiger partial charge < -0.3 is 15.4 Å². The highest BCUT2D eigenvalue weighted by Gasteiger charge is 2.23. The molecule has 2 unspecified atom stereocenters. The van der Waals surface area contributed by atoms with Crippen molar-refractivity contribution in [3.63, 3.8) is 0 Å². The number of benzene rings is 1. The van der Waals surface area contributed by atoms with Gasteiger partial charge in [0.2, 0.25) is 5.91 Å². The van der Waals surface area contributed by atoms with Crippen molar-refractivity contribution in [3.05, 3.63) is 24.3 Å². The third-order valence-corrected chi connectivity index (χ3v) is 4.40. The lowest BCUT2D eigenvalue weighted by Crippen LogP contribution is -2.58. The molecule has 2 heterocycles. The first-order valence-corrected chi connectivity index (χ1v) is 8.46. The van der Waals surface area contributed by atoms with Crippen LogP contribution in [0.1, 0.15) is 19.8 Å². The van der Waals surface area contributed by atoms with E-state index >= 15 is 0 Å². The number of nitrogens with one attached hydrogen (secondary N) is 3. The molecule has 0 aliphatic carbocycles. The summed E-state index contributed by atoms with van der Waals surface area (Å²) in [5.74, 6) is 0.964. The SMILES string of the molecule is CC1CNC(Nc2ccc(OCCN3CCCC3)cc2)NC1=O. The molecule has 126 valence electrons. The number of likely N-dealkylation sites (tertiary alicyclic amines) is 1. The number of anilines is 1. The monoisotopic (exact) mass is 318 g/mol. The van der Waals surface area contributed by atoms with E-state index in [1.807, 2.05) is 31.2 Å². The minimum absolute atomic E-state index is 0.0134. The average Bonchev–Trinajstić information content (AvgIpc) is 3.06.